The molecule has 0 spiro atoms. The molecule has 8 heteroatoms. The zero-order valence-electron chi connectivity index (χ0n) is 24.1. The molecule has 0 heterocycles. The van der Waals surface area contributed by atoms with E-state index < -0.39 is 35.9 Å². The van der Waals surface area contributed by atoms with Gasteiger partial charge in [-0.1, -0.05) is 85.3 Å². The Bertz CT molecular complexity index is 900. The van der Waals surface area contributed by atoms with Crippen LogP contribution < -0.4 is 16.0 Å². The molecule has 0 aliphatic heterocycles. The van der Waals surface area contributed by atoms with Crippen LogP contribution in [0.25, 0.3) is 0 Å². The molecule has 2 amide bonds. The van der Waals surface area contributed by atoms with Gasteiger partial charge in [-0.3, -0.25) is 14.4 Å². The van der Waals surface area contributed by atoms with Gasteiger partial charge in [0.15, 0.2) is 5.78 Å². The highest BCUT2D eigenvalue weighted by atomic mass is 16.4. The second kappa shape index (κ2) is 17.6. The van der Waals surface area contributed by atoms with E-state index in [-0.39, 0.29) is 17.6 Å². The van der Waals surface area contributed by atoms with E-state index in [0.717, 1.165) is 19.3 Å². The van der Waals surface area contributed by atoms with E-state index in [0.29, 0.717) is 24.1 Å². The molecule has 214 valence electrons. The number of carboxylic acid groups (broad SMARTS) is 1. The van der Waals surface area contributed by atoms with Gasteiger partial charge in [0.25, 0.3) is 0 Å². The van der Waals surface area contributed by atoms with Crippen LogP contribution in [0.3, 0.4) is 0 Å². The highest BCUT2D eigenvalue weighted by molar-refractivity contribution is 6.02. The number of benzene rings is 1. The van der Waals surface area contributed by atoms with E-state index in [2.05, 4.69) is 22.9 Å². The second-order valence-electron chi connectivity index (χ2n) is 11.0. The van der Waals surface area contributed by atoms with Crippen molar-refractivity contribution in [3.05, 3.63) is 29.8 Å². The number of carboxylic acids is 1. The van der Waals surface area contributed by atoms with Crippen molar-refractivity contribution in [1.29, 1.82) is 0 Å². The van der Waals surface area contributed by atoms with Crippen molar-refractivity contribution in [2.24, 2.45) is 11.8 Å². The summed E-state index contributed by atoms with van der Waals surface area (Å²) >= 11 is 0. The molecule has 0 aliphatic carbocycles. The van der Waals surface area contributed by atoms with E-state index >= 15 is 0 Å². The van der Waals surface area contributed by atoms with Gasteiger partial charge in [0.1, 0.15) is 18.1 Å². The molecule has 0 saturated carbocycles. The summed E-state index contributed by atoms with van der Waals surface area (Å²) < 4.78 is 0. The van der Waals surface area contributed by atoms with Crippen molar-refractivity contribution < 1.29 is 24.3 Å². The predicted octanol–water partition coefficient (Wildman–Crippen LogP) is 5.57. The topological polar surface area (TPSA) is 125 Å². The summed E-state index contributed by atoms with van der Waals surface area (Å²) in [5.41, 5.74) is 1.13. The summed E-state index contributed by atoms with van der Waals surface area (Å²) in [7, 11) is 0. The molecule has 8 nitrogen and oxygen atoms in total. The van der Waals surface area contributed by atoms with Crippen LogP contribution in [0.1, 0.15) is 110 Å². The second-order valence-corrected chi connectivity index (χ2v) is 11.0. The zero-order chi connectivity index (χ0) is 28.7. The first-order chi connectivity index (χ1) is 18.0. The molecule has 0 aliphatic rings. The van der Waals surface area contributed by atoms with E-state index in [4.69, 9.17) is 0 Å². The van der Waals surface area contributed by atoms with Crippen LogP contribution in [0.5, 0.6) is 0 Å². The van der Waals surface area contributed by atoms with E-state index in [1.54, 1.807) is 32.9 Å². The molecule has 0 fully saturated rings. The Morgan fingerprint density at radius 1 is 0.816 bits per heavy atom. The monoisotopic (exact) mass is 531 g/mol. The molecule has 1 rings (SSSR count). The number of aliphatic carboxylic acids is 1. The number of unbranched alkanes of at least 4 members (excludes halogenated alkanes) is 6. The number of nitrogens with one attached hydrogen (secondary N) is 3. The average molecular weight is 532 g/mol. The van der Waals surface area contributed by atoms with Crippen LogP contribution in [0.2, 0.25) is 0 Å². The lowest BCUT2D eigenvalue weighted by Crippen LogP contribution is -2.55. The minimum Gasteiger partial charge on any atom is -0.480 e. The number of hydrogen-bond acceptors (Lipinski definition) is 5. The Hall–Kier alpha value is -2.90. The van der Waals surface area contributed by atoms with Crippen molar-refractivity contribution in [2.75, 3.05) is 5.32 Å². The van der Waals surface area contributed by atoms with Gasteiger partial charge in [0.2, 0.25) is 11.8 Å². The minimum atomic E-state index is -1.12. The molecule has 0 bridgehead atoms. The summed E-state index contributed by atoms with van der Waals surface area (Å²) in [6, 6.07) is 4.53. The number of Topliss-reactive ketones (excluding diaryl/α,β-unsaturated/α-hetero) is 1. The summed E-state index contributed by atoms with van der Waals surface area (Å²) in [5.74, 6) is -2.21. The van der Waals surface area contributed by atoms with Crippen LogP contribution >= 0.6 is 0 Å². The third-order valence-electron chi connectivity index (χ3n) is 6.57. The first kappa shape index (κ1) is 33.1. The average Bonchev–Trinajstić information content (AvgIpc) is 2.85. The van der Waals surface area contributed by atoms with Crippen LogP contribution in [0.15, 0.2) is 24.3 Å². The van der Waals surface area contributed by atoms with Crippen molar-refractivity contribution in [1.82, 2.24) is 10.6 Å². The normalized spacial score (nSPS) is 13.6. The standard InChI is InChI=1S/C30H49N3O5/c1-7-8-9-10-11-12-13-18-26(34)23-16-14-15-17-24(23)31-22(6)28(35)32-25(19-20(2)3)29(36)33-27(21(4)5)30(37)38/h14-17,20-22,25,27,31H,7-13,18-19H2,1-6H3,(H,32,35)(H,33,36)(H,37,38)/t22-,25-,27-/m0/s1. The number of para-hydroxylation sites is 1. The summed E-state index contributed by atoms with van der Waals surface area (Å²) in [5, 5.41) is 17.9. The lowest BCUT2D eigenvalue weighted by atomic mass is 10.00. The number of amides is 2. The maximum absolute atomic E-state index is 13.0. The lowest BCUT2D eigenvalue weighted by molar-refractivity contribution is -0.143. The lowest BCUT2D eigenvalue weighted by Gasteiger charge is -2.26. The number of hydrogen-bond donors (Lipinski definition) is 4. The van der Waals surface area contributed by atoms with Gasteiger partial charge >= 0.3 is 5.97 Å². The Balaban J connectivity index is 2.79. The fourth-order valence-electron chi connectivity index (χ4n) is 4.30. The maximum Gasteiger partial charge on any atom is 0.326 e. The van der Waals surface area contributed by atoms with Crippen LogP contribution in [-0.4, -0.2) is 46.8 Å². The molecule has 4 N–H and O–H groups in total. The largest absolute Gasteiger partial charge is 0.480 e. The minimum absolute atomic E-state index is 0.0414. The summed E-state index contributed by atoms with van der Waals surface area (Å²) in [4.78, 5) is 50.4. The third kappa shape index (κ3) is 12.1. The Morgan fingerprint density at radius 3 is 2.00 bits per heavy atom. The first-order valence-electron chi connectivity index (χ1n) is 14.2. The molecule has 1 aromatic rings. The number of anilines is 1. The Kier molecular flexibility index (Phi) is 15.3. The van der Waals surface area contributed by atoms with Gasteiger partial charge in [-0.15, -0.1) is 0 Å². The number of ketones is 1. The predicted molar refractivity (Wildman–Crippen MR) is 152 cm³/mol. The Morgan fingerprint density at radius 2 is 1.42 bits per heavy atom. The van der Waals surface area contributed by atoms with Crippen LogP contribution in [0, 0.1) is 11.8 Å². The molecule has 0 radical (unpaired) electrons. The van der Waals surface area contributed by atoms with Crippen molar-refractivity contribution in [3.8, 4) is 0 Å². The number of rotatable bonds is 19. The molecule has 1 aromatic carbocycles. The van der Waals surface area contributed by atoms with Crippen molar-refractivity contribution in [3.63, 3.8) is 0 Å². The smallest absolute Gasteiger partial charge is 0.326 e. The van der Waals surface area contributed by atoms with Crippen LogP contribution in [-0.2, 0) is 14.4 Å². The molecule has 0 saturated heterocycles. The van der Waals surface area contributed by atoms with E-state index in [1.165, 1.54) is 25.7 Å². The maximum atomic E-state index is 13.0. The summed E-state index contributed by atoms with van der Waals surface area (Å²) in [6.07, 6.45) is 8.76. The molecule has 3 atom stereocenters. The summed E-state index contributed by atoms with van der Waals surface area (Å²) in [6.45, 7) is 11.2. The first-order valence-corrected chi connectivity index (χ1v) is 14.2. The highest BCUT2D eigenvalue weighted by Crippen LogP contribution is 2.20. The van der Waals surface area contributed by atoms with Gasteiger partial charge in [0, 0.05) is 17.7 Å². The molecule has 0 unspecified atom stereocenters. The van der Waals surface area contributed by atoms with Gasteiger partial charge < -0.3 is 21.1 Å². The quantitative estimate of drug-likeness (QED) is 0.137. The molecular weight excluding hydrogens is 482 g/mol. The van der Waals surface area contributed by atoms with E-state index in [1.807, 2.05) is 26.0 Å². The van der Waals surface area contributed by atoms with Crippen LogP contribution in [0.4, 0.5) is 5.69 Å². The highest BCUT2D eigenvalue weighted by Gasteiger charge is 2.30. The fraction of sp³-hybridized carbons (Fsp3) is 0.667. The number of carbonyl (C=O) groups excluding carboxylic acids is 3. The van der Waals surface area contributed by atoms with E-state index in [9.17, 15) is 24.3 Å². The zero-order valence-corrected chi connectivity index (χ0v) is 24.1. The van der Waals surface area contributed by atoms with Gasteiger partial charge in [-0.25, -0.2) is 4.79 Å². The molecule has 38 heavy (non-hydrogen) atoms. The van der Waals surface area contributed by atoms with Crippen molar-refractivity contribution >= 4 is 29.3 Å². The fourth-order valence-corrected chi connectivity index (χ4v) is 4.30. The van der Waals surface area contributed by atoms with Gasteiger partial charge in [-0.05, 0) is 43.7 Å². The van der Waals surface area contributed by atoms with Gasteiger partial charge in [0.05, 0.1) is 0 Å². The molecular formula is C30H49N3O5. The third-order valence-corrected chi connectivity index (χ3v) is 6.57. The van der Waals surface area contributed by atoms with Gasteiger partial charge in [-0.2, -0.15) is 0 Å². The number of carbonyl (C=O) groups is 4. The van der Waals surface area contributed by atoms with Crippen molar-refractivity contribution in [2.45, 2.75) is 117 Å². The SMILES string of the molecule is CCCCCCCCCC(=O)c1ccccc1N[C@@H](C)C(=O)N[C@@H](CC(C)C)C(=O)N[C@H](C(=O)O)C(C)C. The molecule has 0 aromatic heterocycles. The Labute approximate surface area is 228 Å².